The second-order valence-electron chi connectivity index (χ2n) is 6.44. The lowest BCUT2D eigenvalue weighted by molar-refractivity contribution is -0.123. The SMILES string of the molecule is CCC(C)C(C(=O)NCc1nncn1-c1ccccc1)c1ccccc1. The van der Waals surface area contributed by atoms with Gasteiger partial charge in [-0.2, -0.15) is 0 Å². The van der Waals surface area contributed by atoms with Crippen LogP contribution in [0, 0.1) is 5.92 Å². The highest BCUT2D eigenvalue weighted by Gasteiger charge is 2.25. The van der Waals surface area contributed by atoms with E-state index in [-0.39, 0.29) is 17.7 Å². The molecule has 0 aliphatic rings. The third-order valence-electron chi connectivity index (χ3n) is 4.73. The van der Waals surface area contributed by atoms with Gasteiger partial charge in [0.1, 0.15) is 6.33 Å². The molecule has 3 rings (SSSR count). The van der Waals surface area contributed by atoms with Crippen molar-refractivity contribution in [3.05, 3.63) is 78.4 Å². The van der Waals surface area contributed by atoms with E-state index in [1.54, 1.807) is 6.33 Å². The minimum atomic E-state index is -0.172. The Morgan fingerprint density at radius 1 is 1.08 bits per heavy atom. The van der Waals surface area contributed by atoms with E-state index in [0.29, 0.717) is 12.4 Å². The summed E-state index contributed by atoms with van der Waals surface area (Å²) >= 11 is 0. The van der Waals surface area contributed by atoms with Crippen LogP contribution in [0.5, 0.6) is 0 Å². The van der Waals surface area contributed by atoms with Gasteiger partial charge in [0.2, 0.25) is 5.91 Å². The second-order valence-corrected chi connectivity index (χ2v) is 6.44. The van der Waals surface area contributed by atoms with Gasteiger partial charge in [0, 0.05) is 5.69 Å². The molecule has 1 aromatic heterocycles. The number of rotatable bonds is 7. The number of para-hydroxylation sites is 1. The average molecular weight is 348 g/mol. The number of nitrogens with one attached hydrogen (secondary N) is 1. The number of nitrogens with zero attached hydrogens (tertiary/aromatic N) is 3. The summed E-state index contributed by atoms with van der Waals surface area (Å²) in [7, 11) is 0. The van der Waals surface area contributed by atoms with E-state index in [4.69, 9.17) is 0 Å². The molecule has 2 aromatic carbocycles. The predicted octanol–water partition coefficient (Wildman–Crippen LogP) is 3.71. The van der Waals surface area contributed by atoms with Crippen LogP contribution in [0.2, 0.25) is 0 Å². The summed E-state index contributed by atoms with van der Waals surface area (Å²) in [5.74, 6) is 0.812. The predicted molar refractivity (Wildman–Crippen MR) is 102 cm³/mol. The van der Waals surface area contributed by atoms with Crippen LogP contribution in [0.25, 0.3) is 5.69 Å². The van der Waals surface area contributed by atoms with E-state index >= 15 is 0 Å². The molecule has 0 saturated carbocycles. The van der Waals surface area contributed by atoms with E-state index < -0.39 is 0 Å². The summed E-state index contributed by atoms with van der Waals surface area (Å²) in [6, 6.07) is 19.8. The van der Waals surface area contributed by atoms with Crippen LogP contribution in [0.1, 0.15) is 37.6 Å². The van der Waals surface area contributed by atoms with Crippen LogP contribution in [-0.2, 0) is 11.3 Å². The minimum absolute atomic E-state index is 0.0214. The van der Waals surface area contributed by atoms with E-state index in [0.717, 1.165) is 17.7 Å². The van der Waals surface area contributed by atoms with Crippen molar-refractivity contribution in [1.29, 1.82) is 0 Å². The lowest BCUT2D eigenvalue weighted by atomic mass is 9.85. The maximum Gasteiger partial charge on any atom is 0.228 e. The van der Waals surface area contributed by atoms with Crippen molar-refractivity contribution in [2.75, 3.05) is 0 Å². The zero-order valence-electron chi connectivity index (χ0n) is 15.2. The Labute approximate surface area is 154 Å². The fourth-order valence-corrected chi connectivity index (χ4v) is 3.09. The summed E-state index contributed by atoms with van der Waals surface area (Å²) in [6.07, 6.45) is 2.60. The van der Waals surface area contributed by atoms with Crippen LogP contribution < -0.4 is 5.32 Å². The zero-order valence-corrected chi connectivity index (χ0v) is 15.2. The number of carbonyl (C=O) groups excluding carboxylic acids is 1. The molecular formula is C21H24N4O. The molecule has 134 valence electrons. The molecule has 3 aromatic rings. The van der Waals surface area contributed by atoms with Crippen LogP contribution in [0.4, 0.5) is 0 Å². The molecule has 0 spiro atoms. The second kappa shape index (κ2) is 8.43. The fourth-order valence-electron chi connectivity index (χ4n) is 3.09. The molecule has 0 aliphatic heterocycles. The van der Waals surface area contributed by atoms with E-state index in [2.05, 4.69) is 29.4 Å². The highest BCUT2D eigenvalue weighted by molar-refractivity contribution is 5.83. The molecule has 0 aliphatic carbocycles. The van der Waals surface area contributed by atoms with Crippen molar-refractivity contribution in [2.45, 2.75) is 32.7 Å². The Hall–Kier alpha value is -2.95. The minimum Gasteiger partial charge on any atom is -0.348 e. The molecule has 5 nitrogen and oxygen atoms in total. The molecule has 1 N–H and O–H groups in total. The molecule has 1 amide bonds. The van der Waals surface area contributed by atoms with Crippen LogP contribution in [0.15, 0.2) is 67.0 Å². The van der Waals surface area contributed by atoms with Crippen molar-refractivity contribution in [1.82, 2.24) is 20.1 Å². The van der Waals surface area contributed by atoms with Crippen molar-refractivity contribution >= 4 is 5.91 Å². The first kappa shape index (κ1) is 17.9. The maximum absolute atomic E-state index is 12.9. The first-order valence-electron chi connectivity index (χ1n) is 8.97. The number of carbonyl (C=O) groups is 1. The van der Waals surface area contributed by atoms with Gasteiger partial charge in [-0.3, -0.25) is 9.36 Å². The van der Waals surface area contributed by atoms with E-state index in [1.807, 2.05) is 65.2 Å². The van der Waals surface area contributed by atoms with Gasteiger partial charge in [-0.1, -0.05) is 68.8 Å². The van der Waals surface area contributed by atoms with Crippen molar-refractivity contribution in [3.8, 4) is 5.69 Å². The highest BCUT2D eigenvalue weighted by atomic mass is 16.1. The van der Waals surface area contributed by atoms with Crippen LogP contribution in [0.3, 0.4) is 0 Å². The number of hydrogen-bond donors (Lipinski definition) is 1. The van der Waals surface area contributed by atoms with E-state index in [9.17, 15) is 4.79 Å². The average Bonchev–Trinajstić information content (AvgIpc) is 3.16. The topological polar surface area (TPSA) is 59.8 Å². The van der Waals surface area contributed by atoms with Gasteiger partial charge in [0.05, 0.1) is 12.5 Å². The van der Waals surface area contributed by atoms with Gasteiger partial charge >= 0.3 is 0 Å². The van der Waals surface area contributed by atoms with Crippen LogP contribution >= 0.6 is 0 Å². The highest BCUT2D eigenvalue weighted by Crippen LogP contribution is 2.27. The smallest absolute Gasteiger partial charge is 0.228 e. The normalized spacial score (nSPS) is 13.2. The number of aromatic nitrogens is 3. The molecule has 0 bridgehead atoms. The van der Waals surface area contributed by atoms with Gasteiger partial charge < -0.3 is 5.32 Å². The van der Waals surface area contributed by atoms with Crippen molar-refractivity contribution in [3.63, 3.8) is 0 Å². The standard InChI is InChI=1S/C21H24N4O/c1-3-16(2)20(17-10-6-4-7-11-17)21(26)22-14-19-24-23-15-25(19)18-12-8-5-9-13-18/h4-13,15-16,20H,3,14H2,1-2H3,(H,22,26). The molecule has 0 fully saturated rings. The largest absolute Gasteiger partial charge is 0.348 e. The van der Waals surface area contributed by atoms with Crippen molar-refractivity contribution in [2.24, 2.45) is 5.92 Å². The summed E-state index contributed by atoms with van der Waals surface area (Å²) in [5, 5.41) is 11.2. The zero-order chi connectivity index (χ0) is 18.4. The maximum atomic E-state index is 12.9. The van der Waals surface area contributed by atoms with Gasteiger partial charge in [-0.25, -0.2) is 0 Å². The van der Waals surface area contributed by atoms with E-state index in [1.165, 1.54) is 0 Å². The quantitative estimate of drug-likeness (QED) is 0.708. The Morgan fingerprint density at radius 2 is 1.73 bits per heavy atom. The molecule has 1 heterocycles. The van der Waals surface area contributed by atoms with Crippen LogP contribution in [-0.4, -0.2) is 20.7 Å². The summed E-state index contributed by atoms with van der Waals surface area (Å²) in [6.45, 7) is 4.57. The number of benzene rings is 2. The number of amides is 1. The van der Waals surface area contributed by atoms with Gasteiger partial charge in [-0.05, 0) is 23.6 Å². The monoisotopic (exact) mass is 348 g/mol. The first-order valence-corrected chi connectivity index (χ1v) is 8.97. The molecule has 2 unspecified atom stereocenters. The molecule has 2 atom stereocenters. The lowest BCUT2D eigenvalue weighted by Gasteiger charge is -2.22. The third kappa shape index (κ3) is 3.99. The summed E-state index contributed by atoms with van der Waals surface area (Å²) < 4.78 is 1.89. The van der Waals surface area contributed by atoms with Crippen molar-refractivity contribution < 1.29 is 4.79 Å². The first-order chi connectivity index (χ1) is 12.7. The third-order valence-corrected chi connectivity index (χ3v) is 4.73. The Morgan fingerprint density at radius 3 is 2.38 bits per heavy atom. The Kier molecular flexibility index (Phi) is 5.79. The molecule has 0 radical (unpaired) electrons. The molecular weight excluding hydrogens is 324 g/mol. The molecule has 0 saturated heterocycles. The fraction of sp³-hybridized carbons (Fsp3) is 0.286. The Bertz CT molecular complexity index is 829. The van der Waals surface area contributed by atoms with Gasteiger partial charge in [-0.15, -0.1) is 10.2 Å². The van der Waals surface area contributed by atoms with Gasteiger partial charge in [0.15, 0.2) is 5.82 Å². The summed E-state index contributed by atoms with van der Waals surface area (Å²) in [4.78, 5) is 12.9. The molecule has 5 heteroatoms. The number of hydrogen-bond acceptors (Lipinski definition) is 3. The Balaban J connectivity index is 1.75. The summed E-state index contributed by atoms with van der Waals surface area (Å²) in [5.41, 5.74) is 2.02. The van der Waals surface area contributed by atoms with Gasteiger partial charge in [0.25, 0.3) is 0 Å². The lowest BCUT2D eigenvalue weighted by Crippen LogP contribution is -2.33. The molecule has 26 heavy (non-hydrogen) atoms.